The quantitative estimate of drug-likeness (QED) is 0.644. The highest BCUT2D eigenvalue weighted by atomic mass is 35.5. The predicted molar refractivity (Wildman–Crippen MR) is 110 cm³/mol. The lowest BCUT2D eigenvalue weighted by atomic mass is 10.2. The number of nitrogens with one attached hydrogen (secondary N) is 1. The van der Waals surface area contributed by atoms with Crippen LogP contribution in [0.4, 0.5) is 5.69 Å². The predicted octanol–water partition coefficient (Wildman–Crippen LogP) is 4.14. The third-order valence-electron chi connectivity index (χ3n) is 4.29. The number of anilines is 1. The summed E-state index contributed by atoms with van der Waals surface area (Å²) in [6, 6.07) is 7.64. The molecule has 27 heavy (non-hydrogen) atoms. The molecule has 0 radical (unpaired) electrons. The van der Waals surface area contributed by atoms with Gasteiger partial charge in [-0.3, -0.25) is 9.69 Å². The number of aryl methyl sites for hydroxylation is 1. The molecule has 2 heterocycles. The zero-order valence-electron chi connectivity index (χ0n) is 15.5. The maximum atomic E-state index is 12.7. The smallest absolute Gasteiger partial charge is 0.238 e. The molecule has 6 nitrogen and oxygen atoms in total. The number of hydrogen-bond acceptors (Lipinski definition) is 5. The van der Waals surface area contributed by atoms with E-state index in [0.29, 0.717) is 10.7 Å². The maximum absolute atomic E-state index is 12.7. The molecule has 0 saturated heterocycles. The zero-order chi connectivity index (χ0) is 19.4. The van der Waals surface area contributed by atoms with Gasteiger partial charge in [-0.05, 0) is 56.0 Å². The lowest BCUT2D eigenvalue weighted by Gasteiger charge is -2.26. The van der Waals surface area contributed by atoms with Crippen LogP contribution in [0.2, 0.25) is 5.02 Å². The van der Waals surface area contributed by atoms with Crippen LogP contribution in [0.1, 0.15) is 24.3 Å². The van der Waals surface area contributed by atoms with Crippen LogP contribution in [-0.4, -0.2) is 38.2 Å². The Bertz CT molecular complexity index is 907. The molecule has 0 bridgehead atoms. The second kappa shape index (κ2) is 8.65. The Balaban J connectivity index is 1.74. The molecule has 1 aromatic carbocycles. The van der Waals surface area contributed by atoms with Crippen LogP contribution in [0.5, 0.6) is 0 Å². The highest BCUT2D eigenvalue weighted by molar-refractivity contribution is 7.10. The van der Waals surface area contributed by atoms with Gasteiger partial charge in [-0.15, -0.1) is 11.3 Å². The first kappa shape index (κ1) is 19.5. The summed E-state index contributed by atoms with van der Waals surface area (Å²) in [5, 5.41) is 9.73. The van der Waals surface area contributed by atoms with Gasteiger partial charge in [-0.25, -0.2) is 9.67 Å². The van der Waals surface area contributed by atoms with Crippen LogP contribution in [0.3, 0.4) is 0 Å². The fourth-order valence-corrected chi connectivity index (χ4v) is 3.79. The van der Waals surface area contributed by atoms with E-state index in [1.54, 1.807) is 34.5 Å². The Morgan fingerprint density at radius 1 is 1.37 bits per heavy atom. The first-order valence-corrected chi connectivity index (χ1v) is 9.91. The van der Waals surface area contributed by atoms with E-state index >= 15 is 0 Å². The molecule has 0 aliphatic rings. The summed E-state index contributed by atoms with van der Waals surface area (Å²) in [4.78, 5) is 20.1. The lowest BCUT2D eigenvalue weighted by molar-refractivity contribution is -0.117. The van der Waals surface area contributed by atoms with Crippen molar-refractivity contribution in [2.24, 2.45) is 0 Å². The topological polar surface area (TPSA) is 63.1 Å². The second-order valence-electron chi connectivity index (χ2n) is 6.58. The molecule has 2 aromatic heterocycles. The first-order valence-electron chi connectivity index (χ1n) is 8.65. The van der Waals surface area contributed by atoms with Crippen LogP contribution >= 0.6 is 22.9 Å². The van der Waals surface area contributed by atoms with E-state index < -0.39 is 0 Å². The van der Waals surface area contributed by atoms with Gasteiger partial charge in [-0.1, -0.05) is 11.6 Å². The Hall–Kier alpha value is -2.22. The van der Waals surface area contributed by atoms with Gasteiger partial charge in [0, 0.05) is 22.5 Å². The molecule has 0 fully saturated rings. The van der Waals surface area contributed by atoms with Crippen molar-refractivity contribution in [1.29, 1.82) is 0 Å². The molecule has 3 aromatic rings. The van der Waals surface area contributed by atoms with Crippen molar-refractivity contribution in [2.45, 2.75) is 33.4 Å². The summed E-state index contributed by atoms with van der Waals surface area (Å²) >= 11 is 7.84. The number of halogens is 1. The molecule has 8 heteroatoms. The summed E-state index contributed by atoms with van der Waals surface area (Å²) in [5.41, 5.74) is 2.58. The normalized spacial score (nSPS) is 11.3. The number of rotatable bonds is 7. The largest absolute Gasteiger partial charge is 0.323 e. The fourth-order valence-electron chi connectivity index (χ4n) is 2.69. The first-order chi connectivity index (χ1) is 12.9. The van der Waals surface area contributed by atoms with Gasteiger partial charge in [0.15, 0.2) is 0 Å². The van der Waals surface area contributed by atoms with Crippen LogP contribution in [0, 0.1) is 6.92 Å². The van der Waals surface area contributed by atoms with Gasteiger partial charge in [0.1, 0.15) is 12.7 Å². The Kier molecular flexibility index (Phi) is 6.26. The van der Waals surface area contributed by atoms with Crippen molar-refractivity contribution < 1.29 is 4.79 Å². The summed E-state index contributed by atoms with van der Waals surface area (Å²) in [7, 11) is 0. The molecule has 0 spiro atoms. The lowest BCUT2D eigenvalue weighted by Crippen LogP contribution is -2.37. The summed E-state index contributed by atoms with van der Waals surface area (Å²) in [6.45, 7) is 7.33. The van der Waals surface area contributed by atoms with Crippen molar-refractivity contribution in [3.05, 3.63) is 57.8 Å². The standard InChI is InChI=1S/C19H22ClN5OS/c1-13(2)24(9-18-14(3)6-7-27-18)10-19(26)23-16-8-15(20)4-5-17(16)25-12-21-11-22-25/h4-8,11-13H,9-10H2,1-3H3,(H,23,26). The number of nitrogens with zero attached hydrogens (tertiary/aromatic N) is 4. The monoisotopic (exact) mass is 403 g/mol. The van der Waals surface area contributed by atoms with E-state index in [1.165, 1.54) is 16.8 Å². The van der Waals surface area contributed by atoms with E-state index in [1.807, 2.05) is 6.07 Å². The van der Waals surface area contributed by atoms with Gasteiger partial charge >= 0.3 is 0 Å². The minimum atomic E-state index is -0.0958. The number of carbonyl (C=O) groups is 1. The van der Waals surface area contributed by atoms with E-state index in [-0.39, 0.29) is 18.5 Å². The SMILES string of the molecule is Cc1ccsc1CN(CC(=O)Nc1cc(Cl)ccc1-n1cncn1)C(C)C. The summed E-state index contributed by atoms with van der Waals surface area (Å²) in [6.07, 6.45) is 3.03. The fraction of sp³-hybridized carbons (Fsp3) is 0.316. The number of hydrogen-bond donors (Lipinski definition) is 1. The Labute approximate surface area is 167 Å². The number of thiophene rings is 1. The third-order valence-corrected chi connectivity index (χ3v) is 5.53. The average Bonchev–Trinajstić information content (AvgIpc) is 3.27. The molecular weight excluding hydrogens is 382 g/mol. The van der Waals surface area contributed by atoms with Crippen molar-refractivity contribution in [1.82, 2.24) is 19.7 Å². The Morgan fingerprint density at radius 3 is 2.81 bits per heavy atom. The van der Waals surface area contributed by atoms with Crippen molar-refractivity contribution >= 4 is 34.5 Å². The average molecular weight is 404 g/mol. The minimum absolute atomic E-state index is 0.0958. The van der Waals surface area contributed by atoms with Crippen LogP contribution in [0.25, 0.3) is 5.69 Å². The second-order valence-corrected chi connectivity index (χ2v) is 8.01. The minimum Gasteiger partial charge on any atom is -0.323 e. The zero-order valence-corrected chi connectivity index (χ0v) is 17.1. The van der Waals surface area contributed by atoms with E-state index in [4.69, 9.17) is 11.6 Å². The molecular formula is C19H22ClN5OS. The van der Waals surface area contributed by atoms with Gasteiger partial charge in [0.05, 0.1) is 17.9 Å². The number of amides is 1. The van der Waals surface area contributed by atoms with Gasteiger partial charge in [0.2, 0.25) is 5.91 Å². The van der Waals surface area contributed by atoms with Crippen molar-refractivity contribution in [3.8, 4) is 5.69 Å². The van der Waals surface area contributed by atoms with E-state index in [2.05, 4.69) is 52.5 Å². The van der Waals surface area contributed by atoms with Gasteiger partial charge in [0.25, 0.3) is 0 Å². The molecule has 0 atom stereocenters. The summed E-state index contributed by atoms with van der Waals surface area (Å²) in [5.74, 6) is -0.0958. The van der Waals surface area contributed by atoms with E-state index in [0.717, 1.165) is 12.2 Å². The maximum Gasteiger partial charge on any atom is 0.238 e. The van der Waals surface area contributed by atoms with Crippen LogP contribution < -0.4 is 5.32 Å². The number of aromatic nitrogens is 3. The third kappa shape index (κ3) is 4.94. The van der Waals surface area contributed by atoms with Crippen LogP contribution in [0.15, 0.2) is 42.3 Å². The molecule has 0 aliphatic carbocycles. The molecule has 1 N–H and O–H groups in total. The molecule has 1 amide bonds. The van der Waals surface area contributed by atoms with Gasteiger partial charge in [-0.2, -0.15) is 5.10 Å². The molecule has 0 unspecified atom stereocenters. The molecule has 3 rings (SSSR count). The molecule has 0 aliphatic heterocycles. The summed E-state index contributed by atoms with van der Waals surface area (Å²) < 4.78 is 1.60. The number of benzene rings is 1. The molecule has 142 valence electrons. The van der Waals surface area contributed by atoms with E-state index in [9.17, 15) is 4.79 Å². The van der Waals surface area contributed by atoms with Gasteiger partial charge < -0.3 is 5.32 Å². The van der Waals surface area contributed by atoms with Crippen LogP contribution in [-0.2, 0) is 11.3 Å². The Morgan fingerprint density at radius 2 is 2.19 bits per heavy atom. The highest BCUT2D eigenvalue weighted by Gasteiger charge is 2.17. The van der Waals surface area contributed by atoms with Crippen molar-refractivity contribution in [2.75, 3.05) is 11.9 Å². The van der Waals surface area contributed by atoms with Crippen molar-refractivity contribution in [3.63, 3.8) is 0 Å². The highest BCUT2D eigenvalue weighted by Crippen LogP contribution is 2.24. The number of carbonyl (C=O) groups excluding carboxylic acids is 1. The molecule has 0 saturated carbocycles.